The Labute approximate surface area is 87.9 Å². The normalized spacial score (nSPS) is 9.93. The van der Waals surface area contributed by atoms with Crippen LogP contribution in [0.2, 0.25) is 0 Å². The predicted octanol–water partition coefficient (Wildman–Crippen LogP) is 2.02. The molecular weight excluding hydrogens is 195 g/mol. The highest BCUT2D eigenvalue weighted by Gasteiger charge is 2.11. The summed E-state index contributed by atoms with van der Waals surface area (Å²) < 4.78 is 14.9. The molecule has 0 aliphatic rings. The van der Waals surface area contributed by atoms with Gasteiger partial charge in [0.2, 0.25) is 5.95 Å². The molecule has 5 heteroatoms. The number of fused-ring (bicyclic) bond motifs is 1. The van der Waals surface area contributed by atoms with Crippen LogP contribution in [-0.4, -0.2) is 14.5 Å². The summed E-state index contributed by atoms with van der Waals surface area (Å²) in [6.07, 6.45) is 1.37. The molecule has 4 nitrogen and oxygen atoms in total. The van der Waals surface area contributed by atoms with Crippen LogP contribution in [0.4, 0.5) is 10.3 Å². The summed E-state index contributed by atoms with van der Waals surface area (Å²) in [5.41, 5.74) is 6.54. The van der Waals surface area contributed by atoms with Gasteiger partial charge in [0.05, 0.1) is 11.1 Å². The zero-order chi connectivity index (χ0) is 11.6. The van der Waals surface area contributed by atoms with Gasteiger partial charge >= 0.3 is 0 Å². The van der Waals surface area contributed by atoms with E-state index in [0.717, 1.165) is 0 Å². The molecule has 82 valence electrons. The van der Waals surface area contributed by atoms with E-state index in [1.54, 1.807) is 18.5 Å². The van der Waals surface area contributed by atoms with Crippen molar-refractivity contribution in [1.82, 2.24) is 14.5 Å². The molecule has 2 heterocycles. The number of halogens is 1. The minimum Gasteiger partial charge on any atom is -0.368 e. The van der Waals surface area contributed by atoms with E-state index in [-0.39, 0.29) is 11.8 Å². The molecule has 2 aromatic heterocycles. The average Bonchev–Trinajstić information content (AvgIpc) is 2.45. The van der Waals surface area contributed by atoms with Crippen LogP contribution >= 0.6 is 0 Å². The maximum atomic E-state index is 13.3. The van der Waals surface area contributed by atoms with Crippen LogP contribution in [0.5, 0.6) is 0 Å². The third-order valence-electron chi connectivity index (χ3n) is 1.97. The van der Waals surface area contributed by atoms with E-state index >= 15 is 0 Å². The van der Waals surface area contributed by atoms with Gasteiger partial charge in [0.25, 0.3) is 0 Å². The average molecular weight is 210 g/mol. The first-order valence-corrected chi connectivity index (χ1v) is 4.84. The summed E-state index contributed by atoms with van der Waals surface area (Å²) in [5, 5.41) is 0.441. The molecule has 0 aliphatic heterocycles. The Balaban J connectivity index is 0.000000531. The van der Waals surface area contributed by atoms with Crippen molar-refractivity contribution in [3.8, 4) is 0 Å². The fourth-order valence-electron chi connectivity index (χ4n) is 1.41. The Morgan fingerprint density at radius 2 is 1.93 bits per heavy atom. The first-order chi connectivity index (χ1) is 7.09. The molecule has 0 saturated carbocycles. The molecule has 0 aliphatic carbocycles. The Morgan fingerprint density at radius 3 is 2.53 bits per heavy atom. The fraction of sp³-hybridized carbons (Fsp3) is 0.400. The van der Waals surface area contributed by atoms with Crippen LogP contribution in [0.3, 0.4) is 0 Å². The van der Waals surface area contributed by atoms with Crippen molar-refractivity contribution in [3.05, 3.63) is 17.7 Å². The molecule has 0 fully saturated rings. The SMILES string of the molecule is CC.Cc1nc(N)nc2c1c(F)cn2C. The van der Waals surface area contributed by atoms with Crippen LogP contribution in [0, 0.1) is 12.7 Å². The van der Waals surface area contributed by atoms with Crippen LogP contribution in [0.1, 0.15) is 19.5 Å². The number of hydrogen-bond donors (Lipinski definition) is 1. The highest BCUT2D eigenvalue weighted by molar-refractivity contribution is 5.80. The quantitative estimate of drug-likeness (QED) is 0.723. The molecule has 0 radical (unpaired) electrons. The Hall–Kier alpha value is -1.65. The zero-order valence-electron chi connectivity index (χ0n) is 9.37. The molecule has 0 atom stereocenters. The van der Waals surface area contributed by atoms with Crippen molar-refractivity contribution in [2.45, 2.75) is 20.8 Å². The van der Waals surface area contributed by atoms with Gasteiger partial charge in [-0.15, -0.1) is 0 Å². The molecule has 0 spiro atoms. The third kappa shape index (κ3) is 1.91. The summed E-state index contributed by atoms with van der Waals surface area (Å²) in [7, 11) is 1.72. The molecule has 15 heavy (non-hydrogen) atoms. The van der Waals surface area contributed by atoms with Crippen molar-refractivity contribution in [3.63, 3.8) is 0 Å². The highest BCUT2D eigenvalue weighted by atomic mass is 19.1. The minimum atomic E-state index is -0.310. The monoisotopic (exact) mass is 210 g/mol. The van der Waals surface area contributed by atoms with Crippen molar-refractivity contribution in [2.75, 3.05) is 5.73 Å². The van der Waals surface area contributed by atoms with Gasteiger partial charge in [0.1, 0.15) is 5.65 Å². The zero-order valence-corrected chi connectivity index (χ0v) is 9.37. The van der Waals surface area contributed by atoms with Crippen molar-refractivity contribution in [2.24, 2.45) is 7.05 Å². The first-order valence-electron chi connectivity index (χ1n) is 4.84. The molecule has 0 bridgehead atoms. The van der Waals surface area contributed by atoms with Crippen molar-refractivity contribution < 1.29 is 4.39 Å². The second-order valence-electron chi connectivity index (χ2n) is 2.95. The number of nitrogens with zero attached hydrogens (tertiary/aromatic N) is 3. The van der Waals surface area contributed by atoms with Gasteiger partial charge in [0, 0.05) is 13.2 Å². The number of hydrogen-bond acceptors (Lipinski definition) is 3. The number of anilines is 1. The molecule has 0 unspecified atom stereocenters. The number of aryl methyl sites for hydroxylation is 2. The van der Waals surface area contributed by atoms with Gasteiger partial charge in [-0.3, -0.25) is 0 Å². The predicted molar refractivity (Wildman–Crippen MR) is 59.0 cm³/mol. The van der Waals surface area contributed by atoms with Gasteiger partial charge in [-0.2, -0.15) is 4.98 Å². The summed E-state index contributed by atoms with van der Waals surface area (Å²) in [6.45, 7) is 5.71. The van der Waals surface area contributed by atoms with E-state index in [0.29, 0.717) is 16.7 Å². The van der Waals surface area contributed by atoms with Gasteiger partial charge in [0.15, 0.2) is 5.82 Å². The second-order valence-corrected chi connectivity index (χ2v) is 2.95. The van der Waals surface area contributed by atoms with Crippen LogP contribution in [0.15, 0.2) is 6.20 Å². The van der Waals surface area contributed by atoms with Crippen LogP contribution < -0.4 is 5.73 Å². The van der Waals surface area contributed by atoms with Crippen LogP contribution in [-0.2, 0) is 7.05 Å². The number of aromatic nitrogens is 3. The summed E-state index contributed by atoms with van der Waals surface area (Å²) >= 11 is 0. The molecule has 2 aromatic rings. The number of nitrogens with two attached hydrogens (primary N) is 1. The lowest BCUT2D eigenvalue weighted by atomic mass is 10.3. The minimum absolute atomic E-state index is 0.172. The summed E-state index contributed by atoms with van der Waals surface area (Å²) in [4.78, 5) is 7.84. The van der Waals surface area contributed by atoms with Gasteiger partial charge in [-0.05, 0) is 6.92 Å². The topological polar surface area (TPSA) is 56.7 Å². The largest absolute Gasteiger partial charge is 0.368 e. The lowest BCUT2D eigenvalue weighted by molar-refractivity contribution is 0.632. The molecule has 2 rings (SSSR count). The Morgan fingerprint density at radius 1 is 1.33 bits per heavy atom. The standard InChI is InChI=1S/C8H9FN4.C2H6/c1-4-6-5(9)3-13(2)7(6)12-8(10)11-4;1-2/h3H,1-2H3,(H2,10,11,12);1-2H3. The van der Waals surface area contributed by atoms with Crippen molar-refractivity contribution in [1.29, 1.82) is 0 Å². The summed E-state index contributed by atoms with van der Waals surface area (Å²) in [6, 6.07) is 0. The fourth-order valence-corrected chi connectivity index (χ4v) is 1.41. The molecule has 2 N–H and O–H groups in total. The molecule has 0 aromatic carbocycles. The van der Waals surface area contributed by atoms with Gasteiger partial charge < -0.3 is 10.3 Å². The Bertz CT molecular complexity index is 476. The van der Waals surface area contributed by atoms with Crippen molar-refractivity contribution >= 4 is 17.0 Å². The third-order valence-corrected chi connectivity index (χ3v) is 1.97. The first kappa shape index (κ1) is 11.4. The van der Waals surface area contributed by atoms with E-state index in [2.05, 4.69) is 9.97 Å². The van der Waals surface area contributed by atoms with E-state index in [1.165, 1.54) is 6.20 Å². The molecular formula is C10H15FN4. The number of rotatable bonds is 0. The highest BCUT2D eigenvalue weighted by Crippen LogP contribution is 2.20. The van der Waals surface area contributed by atoms with E-state index < -0.39 is 0 Å². The van der Waals surface area contributed by atoms with E-state index in [1.807, 2.05) is 13.8 Å². The molecule has 0 amide bonds. The van der Waals surface area contributed by atoms with E-state index in [9.17, 15) is 4.39 Å². The van der Waals surface area contributed by atoms with E-state index in [4.69, 9.17) is 5.73 Å². The Kier molecular flexibility index (Phi) is 3.24. The maximum absolute atomic E-state index is 13.3. The lowest BCUT2D eigenvalue weighted by Gasteiger charge is -1.98. The van der Waals surface area contributed by atoms with Gasteiger partial charge in [-0.25, -0.2) is 9.37 Å². The number of nitrogen functional groups attached to an aromatic ring is 1. The summed E-state index contributed by atoms with van der Waals surface area (Å²) in [5.74, 6) is -0.138. The van der Waals surface area contributed by atoms with Gasteiger partial charge in [-0.1, -0.05) is 13.8 Å². The molecule has 0 saturated heterocycles. The lowest BCUT2D eigenvalue weighted by Crippen LogP contribution is -1.99. The maximum Gasteiger partial charge on any atom is 0.222 e. The van der Waals surface area contributed by atoms with Crippen LogP contribution in [0.25, 0.3) is 11.0 Å². The second kappa shape index (κ2) is 4.25. The smallest absolute Gasteiger partial charge is 0.222 e.